The van der Waals surface area contributed by atoms with Crippen molar-refractivity contribution in [2.75, 3.05) is 5.75 Å². The molecule has 6 nitrogen and oxygen atoms in total. The maximum Gasteiger partial charge on any atom is 0.405 e. The van der Waals surface area contributed by atoms with E-state index in [4.69, 9.17) is 5.11 Å². The second kappa shape index (κ2) is 4.17. The first-order valence-electron chi connectivity index (χ1n) is 4.34. The highest BCUT2D eigenvalue weighted by Crippen LogP contribution is 2.30. The van der Waals surface area contributed by atoms with Crippen LogP contribution in [0, 0.1) is 0 Å². The van der Waals surface area contributed by atoms with Gasteiger partial charge in [0.15, 0.2) is 15.1 Å². The molecule has 0 spiro atoms. The second-order valence-corrected chi connectivity index (χ2v) is 5.75. The van der Waals surface area contributed by atoms with Crippen LogP contribution in [-0.4, -0.2) is 48.6 Å². The Morgan fingerprint density at radius 1 is 1.41 bits per heavy atom. The van der Waals surface area contributed by atoms with E-state index < -0.39 is 51.4 Å². The van der Waals surface area contributed by atoms with E-state index in [1.807, 2.05) is 0 Å². The predicted octanol–water partition coefficient (Wildman–Crippen LogP) is -0.695. The number of hydrogen-bond donors (Lipinski definition) is 2. The van der Waals surface area contributed by atoms with Gasteiger partial charge in [0.2, 0.25) is 5.91 Å². The van der Waals surface area contributed by atoms with E-state index in [9.17, 15) is 31.2 Å². The minimum absolute atomic E-state index is 1.25. The molecule has 0 aliphatic carbocycles. The lowest BCUT2D eigenvalue weighted by Gasteiger charge is -2.17. The van der Waals surface area contributed by atoms with Crippen LogP contribution in [0.4, 0.5) is 13.2 Å². The van der Waals surface area contributed by atoms with E-state index in [1.54, 1.807) is 5.32 Å². The van der Waals surface area contributed by atoms with Gasteiger partial charge in [0.1, 0.15) is 6.04 Å². The second-order valence-electron chi connectivity index (χ2n) is 3.52. The van der Waals surface area contributed by atoms with Crippen molar-refractivity contribution < 1.29 is 36.3 Å². The number of nitrogens with one attached hydrogen (secondary N) is 1. The van der Waals surface area contributed by atoms with Gasteiger partial charge in [0.25, 0.3) is 0 Å². The summed E-state index contributed by atoms with van der Waals surface area (Å²) >= 11 is 0. The number of carbonyl (C=O) groups excluding carboxylic acids is 1. The van der Waals surface area contributed by atoms with E-state index in [-0.39, 0.29) is 0 Å². The molecule has 1 saturated heterocycles. The summed E-state index contributed by atoms with van der Waals surface area (Å²) in [5, 5.41) is 7.41. The van der Waals surface area contributed by atoms with Crippen LogP contribution in [0.1, 0.15) is 6.42 Å². The molecule has 1 fully saturated rings. The number of rotatable bonds is 1. The van der Waals surface area contributed by atoms with Crippen molar-refractivity contribution in [3.63, 3.8) is 0 Å². The highest BCUT2D eigenvalue weighted by Gasteiger charge is 2.52. The fourth-order valence-electron chi connectivity index (χ4n) is 1.39. The SMILES string of the molecule is O=C1C[C@@H](C(F)(F)F)S(=O)(=O)C[C@@H](C(=O)O)N1. The lowest BCUT2D eigenvalue weighted by atomic mass is 10.2. The van der Waals surface area contributed by atoms with Crippen molar-refractivity contribution >= 4 is 21.7 Å². The third-order valence-corrected chi connectivity index (χ3v) is 4.30. The van der Waals surface area contributed by atoms with Crippen molar-refractivity contribution in [3.05, 3.63) is 0 Å². The summed E-state index contributed by atoms with van der Waals surface area (Å²) in [5.41, 5.74) is 0. The Kier molecular flexibility index (Phi) is 3.37. The fraction of sp³-hybridized carbons (Fsp3) is 0.714. The summed E-state index contributed by atoms with van der Waals surface area (Å²) in [6.07, 6.45) is -6.40. The largest absolute Gasteiger partial charge is 0.480 e. The van der Waals surface area contributed by atoms with E-state index >= 15 is 0 Å². The number of alkyl halides is 3. The molecule has 0 aromatic rings. The van der Waals surface area contributed by atoms with Crippen LogP contribution in [-0.2, 0) is 19.4 Å². The first kappa shape index (κ1) is 13.7. The summed E-state index contributed by atoms with van der Waals surface area (Å²) in [6.45, 7) is 0. The van der Waals surface area contributed by atoms with E-state index in [2.05, 4.69) is 0 Å². The molecule has 98 valence electrons. The Labute approximate surface area is 93.7 Å². The van der Waals surface area contributed by atoms with Crippen molar-refractivity contribution in [1.82, 2.24) is 5.32 Å². The molecule has 17 heavy (non-hydrogen) atoms. The van der Waals surface area contributed by atoms with Crippen LogP contribution in [0.5, 0.6) is 0 Å². The molecule has 10 heteroatoms. The van der Waals surface area contributed by atoms with Crippen molar-refractivity contribution in [1.29, 1.82) is 0 Å². The van der Waals surface area contributed by atoms with Crippen molar-refractivity contribution in [3.8, 4) is 0 Å². The van der Waals surface area contributed by atoms with Gasteiger partial charge in [0, 0.05) is 0 Å². The lowest BCUT2D eigenvalue weighted by Crippen LogP contribution is -2.43. The zero-order chi connectivity index (χ0) is 13.4. The molecule has 2 atom stereocenters. The highest BCUT2D eigenvalue weighted by molar-refractivity contribution is 7.92. The van der Waals surface area contributed by atoms with Gasteiger partial charge >= 0.3 is 12.1 Å². The quantitative estimate of drug-likeness (QED) is 0.659. The maximum absolute atomic E-state index is 12.4. The van der Waals surface area contributed by atoms with E-state index in [0.29, 0.717) is 0 Å². The fourth-order valence-corrected chi connectivity index (χ4v) is 3.13. The Morgan fingerprint density at radius 2 is 1.94 bits per heavy atom. The third-order valence-electron chi connectivity index (χ3n) is 2.20. The molecule has 1 heterocycles. The van der Waals surface area contributed by atoms with Gasteiger partial charge in [-0.3, -0.25) is 4.79 Å². The highest BCUT2D eigenvalue weighted by atomic mass is 32.2. The standard InChI is InChI=1S/C7H8F3NO5S/c8-7(9,10)4-1-5(12)11-3(6(13)14)2-17(4,15)16/h3-4H,1-2H2,(H,11,12)(H,13,14)/t3-,4-/m0/s1. The predicted molar refractivity (Wildman–Crippen MR) is 47.8 cm³/mol. The molecule has 0 aromatic heterocycles. The third kappa shape index (κ3) is 3.08. The minimum atomic E-state index is -5.09. The number of aliphatic carboxylic acids is 1. The Bertz CT molecular complexity index is 443. The maximum atomic E-state index is 12.4. The van der Waals surface area contributed by atoms with E-state index in [0.717, 1.165) is 0 Å². The molecular weight excluding hydrogens is 267 g/mol. The molecule has 0 radical (unpaired) electrons. The molecule has 1 aliphatic heterocycles. The topological polar surface area (TPSA) is 101 Å². The molecule has 0 bridgehead atoms. The smallest absolute Gasteiger partial charge is 0.405 e. The van der Waals surface area contributed by atoms with Gasteiger partial charge in [0.05, 0.1) is 12.2 Å². The number of carboxylic acids is 1. The Hall–Kier alpha value is -1.32. The molecule has 0 unspecified atom stereocenters. The molecule has 1 amide bonds. The summed E-state index contributed by atoms with van der Waals surface area (Å²) in [4.78, 5) is 21.5. The molecule has 1 aliphatic rings. The molecule has 0 aromatic carbocycles. The number of amides is 1. The van der Waals surface area contributed by atoms with Gasteiger partial charge in [-0.2, -0.15) is 13.2 Å². The van der Waals surface area contributed by atoms with Gasteiger partial charge in [-0.15, -0.1) is 0 Å². The first-order chi connectivity index (χ1) is 7.54. The van der Waals surface area contributed by atoms with E-state index in [1.165, 1.54) is 0 Å². The van der Waals surface area contributed by atoms with Crippen molar-refractivity contribution in [2.24, 2.45) is 0 Å². The molecular formula is C7H8F3NO5S. The number of carboxylic acid groups (broad SMARTS) is 1. The average Bonchev–Trinajstić information content (AvgIpc) is 2.21. The lowest BCUT2D eigenvalue weighted by molar-refractivity contribution is -0.143. The van der Waals surface area contributed by atoms with Gasteiger partial charge < -0.3 is 10.4 Å². The van der Waals surface area contributed by atoms with Crippen LogP contribution in [0.25, 0.3) is 0 Å². The minimum Gasteiger partial charge on any atom is -0.480 e. The molecule has 0 saturated carbocycles. The normalized spacial score (nSPS) is 29.2. The number of sulfone groups is 1. The molecule has 2 N–H and O–H groups in total. The van der Waals surface area contributed by atoms with Gasteiger partial charge in [-0.05, 0) is 0 Å². The zero-order valence-corrected chi connectivity index (χ0v) is 9.01. The monoisotopic (exact) mass is 275 g/mol. The van der Waals surface area contributed by atoms with Crippen LogP contribution in [0.15, 0.2) is 0 Å². The zero-order valence-electron chi connectivity index (χ0n) is 8.19. The first-order valence-corrected chi connectivity index (χ1v) is 6.06. The number of carbonyl (C=O) groups is 2. The van der Waals surface area contributed by atoms with Crippen LogP contribution in [0.2, 0.25) is 0 Å². The Balaban J connectivity index is 3.14. The summed E-state index contributed by atoms with van der Waals surface area (Å²) in [7, 11) is -4.73. The van der Waals surface area contributed by atoms with Crippen molar-refractivity contribution in [2.45, 2.75) is 23.9 Å². The van der Waals surface area contributed by atoms with Gasteiger partial charge in [-0.25, -0.2) is 13.2 Å². The van der Waals surface area contributed by atoms with Crippen LogP contribution in [0.3, 0.4) is 0 Å². The van der Waals surface area contributed by atoms with Gasteiger partial charge in [-0.1, -0.05) is 0 Å². The summed E-state index contributed by atoms with van der Waals surface area (Å²) < 4.78 is 59.9. The molecule has 1 rings (SSSR count). The van der Waals surface area contributed by atoms with Crippen LogP contribution >= 0.6 is 0 Å². The number of halogens is 3. The Morgan fingerprint density at radius 3 is 2.35 bits per heavy atom. The average molecular weight is 275 g/mol. The van der Waals surface area contributed by atoms with Crippen LogP contribution < -0.4 is 5.32 Å². The summed E-state index contributed by atoms with van der Waals surface area (Å²) in [5.74, 6) is -4.20. The number of hydrogen-bond acceptors (Lipinski definition) is 4. The summed E-state index contributed by atoms with van der Waals surface area (Å²) in [6, 6.07) is -1.85.